The van der Waals surface area contributed by atoms with Crippen LogP contribution in [0.1, 0.15) is 52.4 Å². The maximum absolute atomic E-state index is 13.4. The van der Waals surface area contributed by atoms with Crippen molar-refractivity contribution in [3.05, 3.63) is 68.2 Å². The number of nitrogens with zero attached hydrogens (tertiary/aromatic N) is 3. The number of benzene rings is 1. The first-order valence-corrected chi connectivity index (χ1v) is 11.5. The Hall–Kier alpha value is -3.50. The van der Waals surface area contributed by atoms with Gasteiger partial charge in [0, 0.05) is 27.8 Å². The van der Waals surface area contributed by atoms with Crippen LogP contribution in [-0.4, -0.2) is 33.4 Å². The van der Waals surface area contributed by atoms with Crippen LogP contribution in [0.15, 0.2) is 45.0 Å². The van der Waals surface area contributed by atoms with Gasteiger partial charge in [-0.2, -0.15) is 9.78 Å². The van der Waals surface area contributed by atoms with Crippen molar-refractivity contribution >= 4 is 50.6 Å². The van der Waals surface area contributed by atoms with Crippen molar-refractivity contribution in [2.24, 2.45) is 0 Å². The van der Waals surface area contributed by atoms with Crippen LogP contribution >= 0.6 is 22.9 Å². The summed E-state index contributed by atoms with van der Waals surface area (Å²) < 4.78 is 11.5. The molecule has 0 atom stereocenters. The Morgan fingerprint density at radius 2 is 2.15 bits per heavy atom. The molecular weight excluding hydrogens is 468 g/mol. The van der Waals surface area contributed by atoms with Gasteiger partial charge in [-0.05, 0) is 38.0 Å². The monoisotopic (exact) mass is 484 g/mol. The lowest BCUT2D eigenvalue weighted by Crippen LogP contribution is -2.25. The molecule has 168 valence electrons. The highest BCUT2D eigenvalue weighted by Crippen LogP contribution is 2.40. The lowest BCUT2D eigenvalue weighted by molar-refractivity contribution is 0.0520. The Bertz CT molecular complexity index is 1450. The molecule has 3 heterocycles. The molecule has 1 aromatic carbocycles. The summed E-state index contributed by atoms with van der Waals surface area (Å²) in [7, 11) is 0. The van der Waals surface area contributed by atoms with E-state index in [1.807, 2.05) is 0 Å². The molecule has 1 fully saturated rings. The van der Waals surface area contributed by atoms with E-state index in [-0.39, 0.29) is 33.8 Å². The van der Waals surface area contributed by atoms with Gasteiger partial charge in [0.15, 0.2) is 11.4 Å². The van der Waals surface area contributed by atoms with Crippen molar-refractivity contribution in [1.82, 2.24) is 14.9 Å². The first-order chi connectivity index (χ1) is 16.0. The third-order valence-corrected chi connectivity index (χ3v) is 6.27. The number of ether oxygens (including phenoxy) is 1. The summed E-state index contributed by atoms with van der Waals surface area (Å²) >= 11 is 7.19. The van der Waals surface area contributed by atoms with Crippen molar-refractivity contribution in [1.29, 1.82) is 0 Å². The van der Waals surface area contributed by atoms with E-state index in [1.54, 1.807) is 42.6 Å². The number of anilines is 1. The normalized spacial score (nSPS) is 13.3. The molecule has 0 bridgehead atoms. The molecule has 5 rings (SSSR count). The van der Waals surface area contributed by atoms with Gasteiger partial charge < -0.3 is 14.6 Å². The summed E-state index contributed by atoms with van der Waals surface area (Å²) in [4.78, 5) is 38.8. The summed E-state index contributed by atoms with van der Waals surface area (Å²) in [5, 5.41) is 13.5. The number of nitrogens with one attached hydrogen (secondary N) is 1. The highest BCUT2D eigenvalue weighted by atomic mass is 35.5. The van der Waals surface area contributed by atoms with E-state index in [9.17, 15) is 14.4 Å². The van der Waals surface area contributed by atoms with Crippen LogP contribution in [0.5, 0.6) is 0 Å². The van der Waals surface area contributed by atoms with E-state index in [0.717, 1.165) is 28.9 Å². The highest BCUT2D eigenvalue weighted by molar-refractivity contribution is 7.16. The molecule has 0 unspecified atom stereocenters. The van der Waals surface area contributed by atoms with Gasteiger partial charge in [-0.15, -0.1) is 11.3 Å². The fourth-order valence-corrected chi connectivity index (χ4v) is 4.51. The Morgan fingerprint density at radius 3 is 2.88 bits per heavy atom. The fourth-order valence-electron chi connectivity index (χ4n) is 3.40. The molecule has 0 saturated heterocycles. The summed E-state index contributed by atoms with van der Waals surface area (Å²) in [6.45, 7) is 1.82. The minimum absolute atomic E-state index is 0.0411. The molecule has 0 radical (unpaired) electrons. The molecule has 1 aliphatic carbocycles. The van der Waals surface area contributed by atoms with Crippen LogP contribution in [0, 0.1) is 0 Å². The second kappa shape index (κ2) is 8.45. The number of rotatable bonds is 6. The highest BCUT2D eigenvalue weighted by Gasteiger charge is 2.29. The van der Waals surface area contributed by atoms with E-state index in [2.05, 4.69) is 15.6 Å². The topological polar surface area (TPSA) is 116 Å². The minimum atomic E-state index is -0.681. The Labute approximate surface area is 195 Å². The van der Waals surface area contributed by atoms with Crippen molar-refractivity contribution in [2.45, 2.75) is 25.7 Å². The molecule has 0 aliphatic heterocycles. The number of hydrogen-bond donors (Lipinski definition) is 1. The molecule has 1 N–H and O–H groups in total. The maximum Gasteiger partial charge on any atom is 0.359 e. The van der Waals surface area contributed by atoms with Gasteiger partial charge in [0.1, 0.15) is 10.8 Å². The lowest BCUT2D eigenvalue weighted by atomic mass is 10.2. The van der Waals surface area contributed by atoms with Gasteiger partial charge in [-0.3, -0.25) is 9.59 Å². The first kappa shape index (κ1) is 21.4. The van der Waals surface area contributed by atoms with Crippen LogP contribution in [0.2, 0.25) is 5.02 Å². The second-order valence-electron chi connectivity index (χ2n) is 7.46. The Morgan fingerprint density at radius 1 is 1.33 bits per heavy atom. The van der Waals surface area contributed by atoms with E-state index < -0.39 is 17.4 Å². The Kier molecular flexibility index (Phi) is 5.47. The lowest BCUT2D eigenvalue weighted by Gasteiger charge is -2.10. The van der Waals surface area contributed by atoms with Crippen LogP contribution in [-0.2, 0) is 4.74 Å². The average molecular weight is 485 g/mol. The number of esters is 1. The van der Waals surface area contributed by atoms with Crippen molar-refractivity contribution < 1.29 is 18.8 Å². The van der Waals surface area contributed by atoms with Crippen LogP contribution in [0.25, 0.3) is 16.5 Å². The Balaban J connectivity index is 1.61. The quantitative estimate of drug-likeness (QED) is 0.403. The molecule has 9 nitrogen and oxygen atoms in total. The van der Waals surface area contributed by atoms with Gasteiger partial charge in [0.05, 0.1) is 17.7 Å². The fraction of sp³-hybridized carbons (Fsp3) is 0.227. The van der Waals surface area contributed by atoms with Crippen molar-refractivity contribution in [2.75, 3.05) is 11.9 Å². The third-order valence-electron chi connectivity index (χ3n) is 5.14. The molecule has 3 aromatic heterocycles. The number of aromatic nitrogens is 3. The van der Waals surface area contributed by atoms with Crippen LogP contribution < -0.4 is 10.9 Å². The predicted molar refractivity (Wildman–Crippen MR) is 123 cm³/mol. The number of amides is 1. The molecule has 33 heavy (non-hydrogen) atoms. The number of halogens is 1. The molecule has 4 aromatic rings. The maximum atomic E-state index is 13.4. The van der Waals surface area contributed by atoms with E-state index in [4.69, 9.17) is 20.9 Å². The zero-order valence-corrected chi connectivity index (χ0v) is 18.9. The zero-order chi connectivity index (χ0) is 23.1. The SMILES string of the molecule is CCOC(=O)c1nn(-c2cccc(Cl)c2)c(=O)c2c(NC(=O)c3cc(C4CC4)on3)scc12. The number of carbonyl (C=O) groups excluding carboxylic acids is 2. The van der Waals surface area contributed by atoms with Crippen LogP contribution in [0.4, 0.5) is 5.00 Å². The third kappa shape index (κ3) is 4.03. The first-order valence-electron chi connectivity index (χ1n) is 10.2. The van der Waals surface area contributed by atoms with E-state index >= 15 is 0 Å². The summed E-state index contributed by atoms with van der Waals surface area (Å²) in [6, 6.07) is 8.12. The predicted octanol–water partition coefficient (Wildman–Crippen LogP) is 4.40. The van der Waals surface area contributed by atoms with Gasteiger partial charge in [-0.1, -0.05) is 22.8 Å². The largest absolute Gasteiger partial charge is 0.461 e. The molecule has 1 saturated carbocycles. The number of fused-ring (bicyclic) bond motifs is 1. The molecule has 11 heteroatoms. The van der Waals surface area contributed by atoms with Crippen molar-refractivity contribution in [3.63, 3.8) is 0 Å². The smallest absolute Gasteiger partial charge is 0.359 e. The van der Waals surface area contributed by atoms with Gasteiger partial charge in [0.25, 0.3) is 11.5 Å². The second-order valence-corrected chi connectivity index (χ2v) is 8.78. The van der Waals surface area contributed by atoms with E-state index in [0.29, 0.717) is 22.4 Å². The molecular formula is C22H17ClN4O5S. The molecule has 1 aliphatic rings. The standard InChI is InChI=1S/C22H17ClN4O5S/c1-2-31-22(30)18-14-10-33-20(24-19(28)15-9-16(32-26-15)11-6-7-11)17(14)21(29)27(25-18)13-5-3-4-12(23)8-13/h3-5,8-11H,2,6-7H2,1H3,(H,24,28). The number of thiophene rings is 1. The molecule has 1 amide bonds. The van der Waals surface area contributed by atoms with Crippen LogP contribution in [0.3, 0.4) is 0 Å². The van der Waals surface area contributed by atoms with Crippen molar-refractivity contribution in [3.8, 4) is 5.69 Å². The number of carbonyl (C=O) groups is 2. The average Bonchev–Trinajstić information content (AvgIpc) is 3.37. The summed E-state index contributed by atoms with van der Waals surface area (Å²) in [6.07, 6.45) is 2.02. The number of hydrogen-bond acceptors (Lipinski definition) is 8. The molecule has 0 spiro atoms. The summed E-state index contributed by atoms with van der Waals surface area (Å²) in [5.41, 5.74) is -0.0707. The van der Waals surface area contributed by atoms with Gasteiger partial charge >= 0.3 is 5.97 Å². The minimum Gasteiger partial charge on any atom is -0.461 e. The van der Waals surface area contributed by atoms with E-state index in [1.165, 1.54) is 0 Å². The van der Waals surface area contributed by atoms with Gasteiger partial charge in [-0.25, -0.2) is 4.79 Å². The zero-order valence-electron chi connectivity index (χ0n) is 17.3. The van der Waals surface area contributed by atoms with Gasteiger partial charge in [0.2, 0.25) is 0 Å². The summed E-state index contributed by atoms with van der Waals surface area (Å²) in [5.74, 6) is -0.213.